The van der Waals surface area contributed by atoms with E-state index in [9.17, 15) is 8.42 Å². The third kappa shape index (κ3) is 12.7. The van der Waals surface area contributed by atoms with Gasteiger partial charge in [0.25, 0.3) is 6.01 Å². The molecule has 1 aromatic heterocycles. The first-order valence-electron chi connectivity index (χ1n) is 15.5. The first-order valence-corrected chi connectivity index (χ1v) is 17.7. The Kier molecular flexibility index (Phi) is 17.3. The summed E-state index contributed by atoms with van der Waals surface area (Å²) in [6.07, 6.45) is 23.0. The van der Waals surface area contributed by atoms with E-state index in [1.165, 1.54) is 108 Å². The number of halogens is 2. The van der Waals surface area contributed by atoms with Crippen LogP contribution in [0.25, 0.3) is 0 Å². The van der Waals surface area contributed by atoms with Crippen molar-refractivity contribution in [2.24, 2.45) is 0 Å². The Morgan fingerprint density at radius 1 is 0.825 bits per heavy atom. The SMILES string of the molecule is CCCCCCCCCCCCCCCCCCOc1ncc(C(C)NS(=O)(=O)c2ccc(Cl)c(Cl)c2)n1CC. The van der Waals surface area contributed by atoms with Gasteiger partial charge >= 0.3 is 0 Å². The Morgan fingerprint density at radius 2 is 1.35 bits per heavy atom. The van der Waals surface area contributed by atoms with Crippen LogP contribution in [-0.4, -0.2) is 24.6 Å². The van der Waals surface area contributed by atoms with E-state index in [0.29, 0.717) is 24.2 Å². The number of nitrogens with zero attached hydrogens (tertiary/aromatic N) is 2. The van der Waals surface area contributed by atoms with E-state index in [4.69, 9.17) is 27.9 Å². The highest BCUT2D eigenvalue weighted by molar-refractivity contribution is 7.89. The van der Waals surface area contributed by atoms with E-state index < -0.39 is 16.1 Å². The lowest BCUT2D eigenvalue weighted by molar-refractivity contribution is 0.267. The van der Waals surface area contributed by atoms with Gasteiger partial charge in [0.15, 0.2) is 0 Å². The molecule has 0 spiro atoms. The standard InChI is InChI=1S/C31H51Cl2N3O3S/c1-4-6-7-8-9-10-11-12-13-14-15-16-17-18-19-20-23-39-31-34-25-30(36(31)5-2)26(3)35-40(37,38)27-21-22-28(32)29(33)24-27/h21-22,24-26,35H,4-20,23H2,1-3H3. The second-order valence-corrected chi connectivity index (χ2v) is 13.3. The molecule has 1 aromatic carbocycles. The molecule has 6 nitrogen and oxygen atoms in total. The molecule has 0 aliphatic carbocycles. The number of sulfonamides is 1. The van der Waals surface area contributed by atoms with Crippen LogP contribution in [0.15, 0.2) is 29.3 Å². The van der Waals surface area contributed by atoms with E-state index in [0.717, 1.165) is 18.5 Å². The fourth-order valence-corrected chi connectivity index (χ4v) is 6.57. The first-order chi connectivity index (χ1) is 19.3. The highest BCUT2D eigenvalue weighted by atomic mass is 35.5. The lowest BCUT2D eigenvalue weighted by Gasteiger charge is -2.17. The van der Waals surface area contributed by atoms with Crippen LogP contribution in [0.1, 0.15) is 135 Å². The average Bonchev–Trinajstić information content (AvgIpc) is 3.34. The normalized spacial score (nSPS) is 12.6. The molecule has 1 atom stereocenters. The van der Waals surface area contributed by atoms with E-state index in [1.807, 2.05) is 11.5 Å². The van der Waals surface area contributed by atoms with Crippen LogP contribution < -0.4 is 9.46 Å². The molecule has 2 aromatic rings. The van der Waals surface area contributed by atoms with Crippen molar-refractivity contribution in [3.8, 4) is 6.01 Å². The molecule has 0 amide bonds. The minimum absolute atomic E-state index is 0.0660. The number of hydrogen-bond donors (Lipinski definition) is 1. The third-order valence-electron chi connectivity index (χ3n) is 7.37. The smallest absolute Gasteiger partial charge is 0.296 e. The molecule has 1 heterocycles. The van der Waals surface area contributed by atoms with Crippen molar-refractivity contribution >= 4 is 33.2 Å². The summed E-state index contributed by atoms with van der Waals surface area (Å²) in [6, 6.07) is 4.29. The van der Waals surface area contributed by atoms with Crippen molar-refractivity contribution in [1.82, 2.24) is 14.3 Å². The van der Waals surface area contributed by atoms with Crippen LogP contribution in [0.5, 0.6) is 6.01 Å². The van der Waals surface area contributed by atoms with E-state index in [-0.39, 0.29) is 9.92 Å². The zero-order valence-electron chi connectivity index (χ0n) is 24.9. The summed E-state index contributed by atoms with van der Waals surface area (Å²) in [5.74, 6) is 0. The van der Waals surface area contributed by atoms with Crippen molar-refractivity contribution in [1.29, 1.82) is 0 Å². The Balaban J connectivity index is 1.60. The third-order valence-corrected chi connectivity index (χ3v) is 9.65. The Morgan fingerprint density at radius 3 is 1.85 bits per heavy atom. The van der Waals surface area contributed by atoms with Crippen LogP contribution in [0.3, 0.4) is 0 Å². The van der Waals surface area contributed by atoms with Gasteiger partial charge in [-0.15, -0.1) is 0 Å². The second kappa shape index (κ2) is 19.8. The predicted octanol–water partition coefficient (Wildman–Crippen LogP) is 9.89. The summed E-state index contributed by atoms with van der Waals surface area (Å²) in [6.45, 7) is 7.29. The maximum absolute atomic E-state index is 12.9. The largest absolute Gasteiger partial charge is 0.465 e. The minimum atomic E-state index is -3.78. The van der Waals surface area contributed by atoms with Crippen LogP contribution in [-0.2, 0) is 16.6 Å². The monoisotopic (exact) mass is 615 g/mol. The van der Waals surface area contributed by atoms with Gasteiger partial charge in [0, 0.05) is 6.54 Å². The Bertz CT molecular complexity index is 1080. The van der Waals surface area contributed by atoms with Gasteiger partial charge in [-0.2, -0.15) is 0 Å². The van der Waals surface area contributed by atoms with Crippen molar-refractivity contribution in [3.63, 3.8) is 0 Å². The van der Waals surface area contributed by atoms with E-state index in [2.05, 4.69) is 16.6 Å². The van der Waals surface area contributed by atoms with E-state index in [1.54, 1.807) is 13.1 Å². The summed E-state index contributed by atoms with van der Waals surface area (Å²) in [4.78, 5) is 4.48. The van der Waals surface area contributed by atoms with Gasteiger partial charge in [-0.25, -0.2) is 18.1 Å². The fraction of sp³-hybridized carbons (Fsp3) is 0.710. The number of rotatable bonds is 23. The fourth-order valence-electron chi connectivity index (χ4n) is 4.97. The maximum Gasteiger partial charge on any atom is 0.296 e. The molecule has 228 valence electrons. The lowest BCUT2D eigenvalue weighted by Crippen LogP contribution is -2.28. The number of unbranched alkanes of at least 4 members (excludes halogenated alkanes) is 15. The number of hydrogen-bond acceptors (Lipinski definition) is 4. The summed E-state index contributed by atoms with van der Waals surface area (Å²) >= 11 is 11.9. The summed E-state index contributed by atoms with van der Waals surface area (Å²) in [7, 11) is -3.78. The topological polar surface area (TPSA) is 73.2 Å². The van der Waals surface area contributed by atoms with Crippen LogP contribution in [0.2, 0.25) is 10.0 Å². The number of aromatic nitrogens is 2. The zero-order valence-corrected chi connectivity index (χ0v) is 27.2. The predicted molar refractivity (Wildman–Crippen MR) is 168 cm³/mol. The maximum atomic E-state index is 12.9. The minimum Gasteiger partial charge on any atom is -0.465 e. The Labute approximate surface area is 253 Å². The summed E-state index contributed by atoms with van der Waals surface area (Å²) in [5.41, 5.74) is 0.744. The zero-order chi connectivity index (χ0) is 29.2. The van der Waals surface area contributed by atoms with Crippen molar-refractivity contribution in [2.75, 3.05) is 6.61 Å². The molecule has 0 radical (unpaired) electrons. The molecule has 0 saturated heterocycles. The number of benzene rings is 1. The van der Waals surface area contributed by atoms with Gasteiger partial charge in [-0.05, 0) is 38.5 Å². The van der Waals surface area contributed by atoms with Crippen molar-refractivity contribution in [3.05, 3.63) is 40.1 Å². The summed E-state index contributed by atoms with van der Waals surface area (Å²) in [5, 5.41) is 0.504. The molecule has 40 heavy (non-hydrogen) atoms. The highest BCUT2D eigenvalue weighted by Gasteiger charge is 2.23. The molecule has 0 fully saturated rings. The van der Waals surface area contributed by atoms with Crippen LogP contribution in [0.4, 0.5) is 0 Å². The number of ether oxygens (including phenoxy) is 1. The Hall–Kier alpha value is -1.28. The van der Waals surface area contributed by atoms with Gasteiger partial charge in [0.2, 0.25) is 10.0 Å². The number of nitrogens with one attached hydrogen (secondary N) is 1. The molecular formula is C31H51Cl2N3O3S. The van der Waals surface area contributed by atoms with Gasteiger partial charge in [-0.3, -0.25) is 4.57 Å². The molecule has 1 unspecified atom stereocenters. The number of imidazole rings is 1. The van der Waals surface area contributed by atoms with Crippen molar-refractivity contribution in [2.45, 2.75) is 141 Å². The summed E-state index contributed by atoms with van der Waals surface area (Å²) < 4.78 is 36.3. The van der Waals surface area contributed by atoms with Gasteiger partial charge in [0.05, 0.1) is 39.5 Å². The molecular weight excluding hydrogens is 565 g/mol. The average molecular weight is 617 g/mol. The van der Waals surface area contributed by atoms with Crippen LogP contribution in [0, 0.1) is 0 Å². The molecule has 0 bridgehead atoms. The molecule has 0 aliphatic rings. The van der Waals surface area contributed by atoms with Gasteiger partial charge in [0.1, 0.15) is 0 Å². The molecule has 2 rings (SSSR count). The van der Waals surface area contributed by atoms with Gasteiger partial charge < -0.3 is 4.74 Å². The molecule has 0 saturated carbocycles. The molecule has 1 N–H and O–H groups in total. The first kappa shape index (κ1) is 34.9. The quantitative estimate of drug-likeness (QED) is 0.126. The van der Waals surface area contributed by atoms with Crippen molar-refractivity contribution < 1.29 is 13.2 Å². The van der Waals surface area contributed by atoms with Gasteiger partial charge in [-0.1, -0.05) is 126 Å². The lowest BCUT2D eigenvalue weighted by atomic mass is 10.0. The van der Waals surface area contributed by atoms with Crippen LogP contribution >= 0.6 is 23.2 Å². The highest BCUT2D eigenvalue weighted by Crippen LogP contribution is 2.27. The second-order valence-electron chi connectivity index (χ2n) is 10.8. The van der Waals surface area contributed by atoms with E-state index >= 15 is 0 Å². The molecule has 0 aliphatic heterocycles. The molecule has 9 heteroatoms.